The van der Waals surface area contributed by atoms with Crippen molar-refractivity contribution < 1.29 is 9.47 Å². The molecule has 0 amide bonds. The fourth-order valence-electron chi connectivity index (χ4n) is 4.63. The Morgan fingerprint density at radius 2 is 2.08 bits per heavy atom. The van der Waals surface area contributed by atoms with Gasteiger partial charge in [-0.1, -0.05) is 13.0 Å². The van der Waals surface area contributed by atoms with Gasteiger partial charge >= 0.3 is 0 Å². The maximum atomic E-state index is 6.11. The molecule has 1 aliphatic heterocycles. The molecule has 1 N–H and O–H groups in total. The second kappa shape index (κ2) is 6.34. The van der Waals surface area contributed by atoms with Crippen molar-refractivity contribution in [3.05, 3.63) is 29.3 Å². The summed E-state index contributed by atoms with van der Waals surface area (Å²) in [6.45, 7) is 5.41. The van der Waals surface area contributed by atoms with Crippen LogP contribution in [0.1, 0.15) is 68.9 Å². The molecule has 1 unspecified atom stereocenters. The molecular weight excluding hydrogens is 298 g/mol. The van der Waals surface area contributed by atoms with Gasteiger partial charge in [0.1, 0.15) is 5.75 Å². The van der Waals surface area contributed by atoms with E-state index in [9.17, 15) is 0 Å². The van der Waals surface area contributed by atoms with Crippen LogP contribution in [0.15, 0.2) is 18.2 Å². The van der Waals surface area contributed by atoms with E-state index >= 15 is 0 Å². The van der Waals surface area contributed by atoms with Crippen LogP contribution < -0.4 is 10.1 Å². The van der Waals surface area contributed by atoms with Crippen LogP contribution >= 0.6 is 0 Å². The topological polar surface area (TPSA) is 30.5 Å². The summed E-state index contributed by atoms with van der Waals surface area (Å²) < 4.78 is 11.5. The van der Waals surface area contributed by atoms with Gasteiger partial charge in [-0.3, -0.25) is 0 Å². The van der Waals surface area contributed by atoms with Crippen LogP contribution in [-0.4, -0.2) is 25.9 Å². The molecule has 3 fully saturated rings. The van der Waals surface area contributed by atoms with Gasteiger partial charge in [0.25, 0.3) is 0 Å². The Kier molecular flexibility index (Phi) is 4.34. The number of rotatable bonds is 6. The van der Waals surface area contributed by atoms with Gasteiger partial charge in [0, 0.05) is 19.7 Å². The normalized spacial score (nSPS) is 28.6. The average Bonchev–Trinajstić information content (AvgIpc) is 3.38. The quantitative estimate of drug-likeness (QED) is 0.839. The summed E-state index contributed by atoms with van der Waals surface area (Å²) in [6, 6.07) is 6.60. The van der Waals surface area contributed by atoms with E-state index in [1.165, 1.54) is 56.1 Å². The zero-order chi connectivity index (χ0) is 16.6. The number of ether oxygens (including phenoxy) is 2. The smallest absolute Gasteiger partial charge is 0.119 e. The Bertz CT molecular complexity index is 592. The highest BCUT2D eigenvalue weighted by Crippen LogP contribution is 2.48. The summed E-state index contributed by atoms with van der Waals surface area (Å²) in [4.78, 5) is 0. The van der Waals surface area contributed by atoms with E-state index in [2.05, 4.69) is 30.4 Å². The highest BCUT2D eigenvalue weighted by molar-refractivity contribution is 5.39. The maximum Gasteiger partial charge on any atom is 0.119 e. The highest BCUT2D eigenvalue weighted by Gasteiger charge is 2.46. The molecule has 4 rings (SSSR count). The second-order valence-electron chi connectivity index (χ2n) is 8.57. The summed E-state index contributed by atoms with van der Waals surface area (Å²) in [5.74, 6) is 1.76. The van der Waals surface area contributed by atoms with Crippen molar-refractivity contribution in [2.24, 2.45) is 5.41 Å². The SMILES string of the molecule is COc1ccc(C2CC2)c(CNCC2(C)CCOC3(CCC3)C2)c1. The molecule has 132 valence electrons. The van der Waals surface area contributed by atoms with E-state index in [0.29, 0.717) is 5.41 Å². The molecule has 24 heavy (non-hydrogen) atoms. The second-order valence-corrected chi connectivity index (χ2v) is 8.57. The predicted molar refractivity (Wildman–Crippen MR) is 96.6 cm³/mol. The molecule has 0 bridgehead atoms. The maximum absolute atomic E-state index is 6.11. The van der Waals surface area contributed by atoms with Crippen molar-refractivity contribution in [3.63, 3.8) is 0 Å². The fraction of sp³-hybridized carbons (Fsp3) is 0.714. The largest absolute Gasteiger partial charge is 0.497 e. The molecular formula is C21H31NO2. The Labute approximate surface area is 146 Å². The summed E-state index contributed by atoms with van der Waals surface area (Å²) in [6.07, 6.45) is 8.97. The lowest BCUT2D eigenvalue weighted by molar-refractivity contribution is -0.162. The van der Waals surface area contributed by atoms with Crippen LogP contribution in [0.5, 0.6) is 5.75 Å². The van der Waals surface area contributed by atoms with E-state index in [1.54, 1.807) is 7.11 Å². The molecule has 1 aromatic rings. The van der Waals surface area contributed by atoms with Crippen LogP contribution in [-0.2, 0) is 11.3 Å². The van der Waals surface area contributed by atoms with E-state index in [1.807, 2.05) is 0 Å². The number of benzene rings is 1. The average molecular weight is 329 g/mol. The summed E-state index contributed by atoms with van der Waals surface area (Å²) in [7, 11) is 1.75. The van der Waals surface area contributed by atoms with Gasteiger partial charge in [0.05, 0.1) is 12.7 Å². The monoisotopic (exact) mass is 329 g/mol. The Morgan fingerprint density at radius 1 is 1.25 bits per heavy atom. The summed E-state index contributed by atoms with van der Waals surface area (Å²) >= 11 is 0. The van der Waals surface area contributed by atoms with E-state index in [4.69, 9.17) is 9.47 Å². The molecule has 3 nitrogen and oxygen atoms in total. The third-order valence-corrected chi connectivity index (χ3v) is 6.36. The summed E-state index contributed by atoms with van der Waals surface area (Å²) in [5, 5.41) is 3.76. The first-order chi connectivity index (χ1) is 11.6. The van der Waals surface area contributed by atoms with Gasteiger partial charge in [-0.25, -0.2) is 0 Å². The molecule has 2 aliphatic carbocycles. The molecule has 3 aliphatic rings. The minimum absolute atomic E-state index is 0.226. The van der Waals surface area contributed by atoms with Gasteiger partial charge in [0.2, 0.25) is 0 Å². The van der Waals surface area contributed by atoms with Crippen molar-refractivity contribution >= 4 is 0 Å². The first kappa shape index (κ1) is 16.4. The van der Waals surface area contributed by atoms with Crippen LogP contribution in [0.3, 0.4) is 0 Å². The number of hydrogen-bond donors (Lipinski definition) is 1. The fourth-order valence-corrected chi connectivity index (χ4v) is 4.63. The van der Waals surface area contributed by atoms with Crippen LogP contribution in [0.2, 0.25) is 0 Å². The van der Waals surface area contributed by atoms with Gasteiger partial charge in [-0.2, -0.15) is 0 Å². The number of hydrogen-bond acceptors (Lipinski definition) is 3. The van der Waals surface area contributed by atoms with Crippen LogP contribution in [0.4, 0.5) is 0 Å². The molecule has 0 aromatic heterocycles. The molecule has 1 aromatic carbocycles. The third kappa shape index (κ3) is 3.34. The first-order valence-corrected chi connectivity index (χ1v) is 9.63. The Balaban J connectivity index is 1.38. The molecule has 0 radical (unpaired) electrons. The van der Waals surface area contributed by atoms with Crippen molar-refractivity contribution in [3.8, 4) is 5.75 Å². The van der Waals surface area contributed by atoms with Crippen LogP contribution in [0.25, 0.3) is 0 Å². The summed E-state index contributed by atoms with van der Waals surface area (Å²) in [5.41, 5.74) is 3.54. The molecule has 1 heterocycles. The van der Waals surface area contributed by atoms with E-state index in [-0.39, 0.29) is 5.60 Å². The lowest BCUT2D eigenvalue weighted by atomic mass is 9.66. The Hall–Kier alpha value is -1.06. The van der Waals surface area contributed by atoms with Crippen molar-refractivity contribution in [1.82, 2.24) is 5.32 Å². The molecule has 1 spiro atoms. The zero-order valence-electron chi connectivity index (χ0n) is 15.2. The lowest BCUT2D eigenvalue weighted by Gasteiger charge is -2.51. The van der Waals surface area contributed by atoms with Crippen molar-refractivity contribution in [2.45, 2.75) is 69.9 Å². The minimum atomic E-state index is 0.226. The number of methoxy groups -OCH3 is 1. The van der Waals surface area contributed by atoms with Crippen molar-refractivity contribution in [1.29, 1.82) is 0 Å². The van der Waals surface area contributed by atoms with Gasteiger partial charge in [0.15, 0.2) is 0 Å². The Morgan fingerprint density at radius 3 is 2.75 bits per heavy atom. The molecule has 1 saturated heterocycles. The third-order valence-electron chi connectivity index (χ3n) is 6.36. The van der Waals surface area contributed by atoms with Gasteiger partial charge in [-0.15, -0.1) is 0 Å². The molecule has 1 atom stereocenters. The highest BCUT2D eigenvalue weighted by atomic mass is 16.5. The lowest BCUT2D eigenvalue weighted by Crippen LogP contribution is -2.51. The van der Waals surface area contributed by atoms with Gasteiger partial charge in [-0.05, 0) is 79.5 Å². The number of nitrogens with one attached hydrogen (secondary N) is 1. The first-order valence-electron chi connectivity index (χ1n) is 9.63. The van der Waals surface area contributed by atoms with Crippen molar-refractivity contribution in [2.75, 3.05) is 20.3 Å². The zero-order valence-corrected chi connectivity index (χ0v) is 15.2. The standard InChI is InChI=1S/C21H31NO2/c1-20(10-11-24-21(14-20)8-3-9-21)15-22-13-17-12-18(23-2)6-7-19(17)16-4-5-16/h6-7,12,16,22H,3-5,8-11,13-15H2,1-2H3. The molecule has 3 heteroatoms. The van der Waals surface area contributed by atoms with E-state index < -0.39 is 0 Å². The van der Waals surface area contributed by atoms with Gasteiger partial charge < -0.3 is 14.8 Å². The molecule has 2 saturated carbocycles. The minimum Gasteiger partial charge on any atom is -0.497 e. The van der Waals surface area contributed by atoms with E-state index in [0.717, 1.165) is 31.4 Å². The predicted octanol–water partition coefficient (Wildman–Crippen LogP) is 4.40. The van der Waals surface area contributed by atoms with Crippen LogP contribution in [0, 0.1) is 5.41 Å².